The number of aliphatic imine (C=N–C) groups is 1. The van der Waals surface area contributed by atoms with Crippen LogP contribution in [0.15, 0.2) is 29.3 Å². The van der Waals surface area contributed by atoms with Crippen molar-refractivity contribution in [1.82, 2.24) is 4.90 Å². The number of fused-ring (bicyclic) bond motifs is 1. The number of urea groups is 1. The summed E-state index contributed by atoms with van der Waals surface area (Å²) in [6, 6.07) is 7.63. The standard InChI is InChI=1S/C18H19Cl2N3OS/c1-4-12-10-13-16(11-5-6-14(19)15(20)9-11)21-7-8-23(17(13)25-12)18(24)22(2)3/h5-6,9-10H,4,7-8H2,1-3H3. The highest BCUT2D eigenvalue weighted by Gasteiger charge is 2.27. The van der Waals surface area contributed by atoms with Gasteiger partial charge in [0.15, 0.2) is 0 Å². The smallest absolute Gasteiger partial charge is 0.324 e. The van der Waals surface area contributed by atoms with Crippen molar-refractivity contribution in [1.29, 1.82) is 0 Å². The third-order valence-electron chi connectivity index (χ3n) is 4.01. The molecule has 0 radical (unpaired) electrons. The first-order valence-corrected chi connectivity index (χ1v) is 9.61. The summed E-state index contributed by atoms with van der Waals surface area (Å²) in [5, 5.41) is 1.96. The van der Waals surface area contributed by atoms with E-state index in [4.69, 9.17) is 28.2 Å². The van der Waals surface area contributed by atoms with E-state index in [-0.39, 0.29) is 6.03 Å². The van der Waals surface area contributed by atoms with Gasteiger partial charge in [-0.25, -0.2) is 4.79 Å². The fourth-order valence-electron chi connectivity index (χ4n) is 2.74. The van der Waals surface area contributed by atoms with Gasteiger partial charge in [-0.3, -0.25) is 9.89 Å². The lowest BCUT2D eigenvalue weighted by Gasteiger charge is -2.24. The zero-order valence-corrected chi connectivity index (χ0v) is 16.7. The summed E-state index contributed by atoms with van der Waals surface area (Å²) in [6.45, 7) is 3.20. The molecule has 7 heteroatoms. The minimum atomic E-state index is -0.0312. The Kier molecular flexibility index (Phi) is 5.37. The van der Waals surface area contributed by atoms with Crippen LogP contribution in [0.1, 0.15) is 22.9 Å². The zero-order chi connectivity index (χ0) is 18.1. The topological polar surface area (TPSA) is 35.9 Å². The molecule has 0 aliphatic carbocycles. The first kappa shape index (κ1) is 18.2. The van der Waals surface area contributed by atoms with Gasteiger partial charge in [0, 0.05) is 36.6 Å². The van der Waals surface area contributed by atoms with Gasteiger partial charge >= 0.3 is 6.03 Å². The molecule has 0 unspecified atom stereocenters. The predicted octanol–water partition coefficient (Wildman–Crippen LogP) is 4.96. The fraction of sp³-hybridized carbons (Fsp3) is 0.333. The molecule has 0 bridgehead atoms. The summed E-state index contributed by atoms with van der Waals surface area (Å²) in [5.41, 5.74) is 2.75. The zero-order valence-electron chi connectivity index (χ0n) is 14.3. The van der Waals surface area contributed by atoms with Crippen molar-refractivity contribution in [2.45, 2.75) is 13.3 Å². The van der Waals surface area contributed by atoms with E-state index in [2.05, 4.69) is 13.0 Å². The molecule has 0 N–H and O–H groups in total. The van der Waals surface area contributed by atoms with Crippen LogP contribution in [0.2, 0.25) is 10.0 Å². The molecule has 3 rings (SSSR count). The van der Waals surface area contributed by atoms with Crippen molar-refractivity contribution in [3.63, 3.8) is 0 Å². The Hall–Kier alpha value is -1.56. The van der Waals surface area contributed by atoms with Crippen LogP contribution in [-0.2, 0) is 6.42 Å². The van der Waals surface area contributed by atoms with Crippen molar-refractivity contribution in [2.24, 2.45) is 4.99 Å². The molecule has 1 aromatic heterocycles. The number of benzene rings is 1. The molecule has 2 heterocycles. The van der Waals surface area contributed by atoms with E-state index in [0.29, 0.717) is 23.1 Å². The number of halogens is 2. The minimum Gasteiger partial charge on any atom is -0.330 e. The highest BCUT2D eigenvalue weighted by Crippen LogP contribution is 2.36. The number of thiophene rings is 1. The number of anilines is 1. The van der Waals surface area contributed by atoms with Gasteiger partial charge in [-0.15, -0.1) is 11.3 Å². The average Bonchev–Trinajstić information content (AvgIpc) is 2.93. The third kappa shape index (κ3) is 3.54. The second-order valence-electron chi connectivity index (χ2n) is 5.97. The Balaban J connectivity index is 2.12. The largest absolute Gasteiger partial charge is 0.330 e. The molecule has 0 saturated heterocycles. The Morgan fingerprint density at radius 1 is 1.28 bits per heavy atom. The maximum Gasteiger partial charge on any atom is 0.324 e. The van der Waals surface area contributed by atoms with Gasteiger partial charge in [0.05, 0.1) is 22.3 Å². The Morgan fingerprint density at radius 3 is 2.68 bits per heavy atom. The van der Waals surface area contributed by atoms with E-state index in [1.807, 2.05) is 17.0 Å². The SMILES string of the molecule is CCc1cc2c(s1)N(C(=O)N(C)C)CCN=C2c1ccc(Cl)c(Cl)c1. The second kappa shape index (κ2) is 7.36. The molecular weight excluding hydrogens is 377 g/mol. The maximum absolute atomic E-state index is 12.6. The average molecular weight is 396 g/mol. The van der Waals surface area contributed by atoms with Crippen LogP contribution in [0.5, 0.6) is 0 Å². The quantitative estimate of drug-likeness (QED) is 0.707. The van der Waals surface area contributed by atoms with E-state index in [9.17, 15) is 4.79 Å². The van der Waals surface area contributed by atoms with E-state index in [1.165, 1.54) is 4.88 Å². The molecule has 25 heavy (non-hydrogen) atoms. The van der Waals surface area contributed by atoms with Crippen molar-refractivity contribution in [2.75, 3.05) is 32.1 Å². The molecule has 2 amide bonds. The number of hydrogen-bond donors (Lipinski definition) is 0. The van der Waals surface area contributed by atoms with Crippen molar-refractivity contribution in [3.05, 3.63) is 50.3 Å². The molecule has 4 nitrogen and oxygen atoms in total. The van der Waals surface area contributed by atoms with E-state index < -0.39 is 0 Å². The summed E-state index contributed by atoms with van der Waals surface area (Å²) >= 11 is 13.9. The van der Waals surface area contributed by atoms with Crippen LogP contribution < -0.4 is 4.90 Å². The molecule has 0 saturated carbocycles. The lowest BCUT2D eigenvalue weighted by atomic mass is 10.0. The van der Waals surface area contributed by atoms with Gasteiger partial charge < -0.3 is 4.90 Å². The number of hydrogen-bond acceptors (Lipinski definition) is 3. The van der Waals surface area contributed by atoms with Crippen LogP contribution in [0.3, 0.4) is 0 Å². The molecular formula is C18H19Cl2N3OS. The summed E-state index contributed by atoms with van der Waals surface area (Å²) in [4.78, 5) is 22.0. The lowest BCUT2D eigenvalue weighted by Crippen LogP contribution is -2.40. The highest BCUT2D eigenvalue weighted by molar-refractivity contribution is 7.16. The van der Waals surface area contributed by atoms with Gasteiger partial charge in [-0.1, -0.05) is 36.2 Å². The van der Waals surface area contributed by atoms with Crippen LogP contribution in [-0.4, -0.2) is 43.8 Å². The van der Waals surface area contributed by atoms with Crippen molar-refractivity contribution < 1.29 is 4.79 Å². The predicted molar refractivity (Wildman–Crippen MR) is 107 cm³/mol. The van der Waals surface area contributed by atoms with Crippen LogP contribution >= 0.6 is 34.5 Å². The van der Waals surface area contributed by atoms with Gasteiger partial charge in [0.1, 0.15) is 5.00 Å². The Labute approximate surface area is 161 Å². The first-order chi connectivity index (χ1) is 11.9. The summed E-state index contributed by atoms with van der Waals surface area (Å²) < 4.78 is 0. The normalized spacial score (nSPS) is 14.0. The lowest BCUT2D eigenvalue weighted by molar-refractivity contribution is 0.224. The van der Waals surface area contributed by atoms with E-state index in [0.717, 1.165) is 28.3 Å². The number of carbonyl (C=O) groups is 1. The molecule has 0 atom stereocenters. The summed E-state index contributed by atoms with van der Waals surface area (Å²) in [6.07, 6.45) is 0.913. The molecule has 132 valence electrons. The molecule has 0 spiro atoms. The number of nitrogens with zero attached hydrogens (tertiary/aromatic N) is 3. The van der Waals surface area contributed by atoms with Crippen LogP contribution in [0.4, 0.5) is 9.80 Å². The molecule has 1 aliphatic heterocycles. The Bertz CT molecular complexity index is 845. The van der Waals surface area contributed by atoms with E-state index >= 15 is 0 Å². The fourth-order valence-corrected chi connectivity index (χ4v) is 4.15. The van der Waals surface area contributed by atoms with Crippen LogP contribution in [0, 0.1) is 0 Å². The van der Waals surface area contributed by atoms with Crippen molar-refractivity contribution >= 4 is 51.3 Å². The number of rotatable bonds is 2. The van der Waals surface area contributed by atoms with Crippen molar-refractivity contribution in [3.8, 4) is 0 Å². The minimum absolute atomic E-state index is 0.0312. The molecule has 1 aromatic carbocycles. The first-order valence-electron chi connectivity index (χ1n) is 8.04. The molecule has 1 aliphatic rings. The van der Waals surface area contributed by atoms with Gasteiger partial charge in [0.25, 0.3) is 0 Å². The van der Waals surface area contributed by atoms with E-state index in [1.54, 1.807) is 36.4 Å². The van der Waals surface area contributed by atoms with Crippen LogP contribution in [0.25, 0.3) is 0 Å². The Morgan fingerprint density at radius 2 is 2.04 bits per heavy atom. The molecule has 2 aromatic rings. The maximum atomic E-state index is 12.6. The van der Waals surface area contributed by atoms with Gasteiger partial charge in [0.2, 0.25) is 0 Å². The number of amides is 2. The molecule has 0 fully saturated rings. The summed E-state index contributed by atoms with van der Waals surface area (Å²) in [5.74, 6) is 0. The number of carbonyl (C=O) groups excluding carboxylic acids is 1. The highest BCUT2D eigenvalue weighted by atomic mass is 35.5. The third-order valence-corrected chi connectivity index (χ3v) is 6.05. The monoisotopic (exact) mass is 395 g/mol. The van der Waals surface area contributed by atoms with Gasteiger partial charge in [-0.2, -0.15) is 0 Å². The second-order valence-corrected chi connectivity index (χ2v) is 7.90. The number of aryl methyl sites for hydroxylation is 1. The summed E-state index contributed by atoms with van der Waals surface area (Å²) in [7, 11) is 3.53. The van der Waals surface area contributed by atoms with Gasteiger partial charge in [-0.05, 0) is 24.6 Å².